The Morgan fingerprint density at radius 3 is 0.615 bits per heavy atom. The third-order valence-electron chi connectivity index (χ3n) is 15.9. The van der Waals surface area contributed by atoms with E-state index in [9.17, 15) is 28.8 Å². The Kier molecular flexibility index (Phi) is 31.1. The lowest BCUT2D eigenvalue weighted by Gasteiger charge is -2.44. The average Bonchev–Trinajstić information content (AvgIpc) is 0.820. The van der Waals surface area contributed by atoms with Crippen molar-refractivity contribution in [3.05, 3.63) is 215 Å². The molecule has 0 amide bonds. The van der Waals surface area contributed by atoms with Crippen LogP contribution in [-0.2, 0) is 139 Å². The molecule has 3 heterocycles. The lowest BCUT2D eigenvalue weighted by Crippen LogP contribution is -2.57. The van der Waals surface area contributed by atoms with E-state index in [4.69, 9.17) is 71.1 Å². The van der Waals surface area contributed by atoms with Crippen LogP contribution < -0.4 is 0 Å². The van der Waals surface area contributed by atoms with Crippen molar-refractivity contribution in [1.82, 2.24) is 0 Å². The molecule has 21 nitrogen and oxygen atoms in total. The number of benzene rings is 6. The summed E-state index contributed by atoms with van der Waals surface area (Å²) in [5.74, 6) is -3.28. The molecule has 0 spiro atoms. The largest absolute Gasteiger partial charge is 0.463 e. The van der Waals surface area contributed by atoms with Gasteiger partial charge in [-0.2, -0.15) is 0 Å². The summed E-state index contributed by atoms with van der Waals surface area (Å²) < 4.78 is 87.4. The second kappa shape index (κ2) is 39.7. The second-order valence-corrected chi connectivity index (χ2v) is 23.5. The van der Waals surface area contributed by atoms with E-state index in [1.807, 2.05) is 203 Å². The highest BCUT2D eigenvalue weighted by molar-refractivity contribution is 5.67. The Morgan fingerprint density at radius 1 is 0.271 bits per heavy atom. The van der Waals surface area contributed by atoms with E-state index in [1.165, 1.54) is 41.5 Å². The maximum atomic E-state index is 11.8. The summed E-state index contributed by atoms with van der Waals surface area (Å²) in [5, 5.41) is 0. The summed E-state index contributed by atoms with van der Waals surface area (Å²) in [6, 6.07) is 58.5. The van der Waals surface area contributed by atoms with Gasteiger partial charge in [0.1, 0.15) is 56.4 Å². The van der Waals surface area contributed by atoms with Crippen LogP contribution in [0.3, 0.4) is 0 Å². The van der Waals surface area contributed by atoms with Crippen molar-refractivity contribution in [2.75, 3.05) is 19.8 Å². The zero-order chi connectivity index (χ0) is 68.8. The van der Waals surface area contributed by atoms with Crippen molar-refractivity contribution >= 4 is 35.8 Å². The Morgan fingerprint density at radius 2 is 0.448 bits per heavy atom. The molecule has 6 aromatic rings. The molecule has 15 atom stereocenters. The molecule has 0 aromatic heterocycles. The molecule has 516 valence electrons. The Hall–Kier alpha value is -8.22. The predicted molar refractivity (Wildman–Crippen MR) is 349 cm³/mol. The van der Waals surface area contributed by atoms with E-state index in [0.717, 1.165) is 33.4 Å². The molecule has 0 N–H and O–H groups in total. The summed E-state index contributed by atoms with van der Waals surface area (Å²) in [7, 11) is 0. The summed E-state index contributed by atoms with van der Waals surface area (Å²) in [4.78, 5) is 69.4. The zero-order valence-corrected chi connectivity index (χ0v) is 55.9. The van der Waals surface area contributed by atoms with Crippen LogP contribution in [0.2, 0.25) is 0 Å². The third kappa shape index (κ3) is 25.1. The van der Waals surface area contributed by atoms with E-state index in [0.29, 0.717) is 39.6 Å². The Balaban J connectivity index is 0.000000203. The van der Waals surface area contributed by atoms with Crippen molar-refractivity contribution in [3.8, 4) is 0 Å². The molecular formula is C75H90O21. The number of hydrogen-bond acceptors (Lipinski definition) is 21. The van der Waals surface area contributed by atoms with Crippen molar-refractivity contribution in [2.24, 2.45) is 17.8 Å². The molecule has 3 aliphatic rings. The lowest BCUT2D eigenvalue weighted by molar-refractivity contribution is -0.299. The van der Waals surface area contributed by atoms with Crippen LogP contribution in [0.15, 0.2) is 182 Å². The summed E-state index contributed by atoms with van der Waals surface area (Å²) in [6.07, 6.45) is -7.88. The monoisotopic (exact) mass is 1330 g/mol. The fraction of sp³-hybridized carbons (Fsp3) is 0.440. The SMILES string of the molecule is CC(=O)OC[C@H]1O[C@@H](OC(C)=O)[C@H](OCc2ccccc2)[C@@H](OCc2ccccc2)[C@@H]1C.CC(=O)OC[C@H]1O[C@H](OC(C)=O)[C@@H](OCc2ccccc2)[C@@H](OCc2ccccc2)[C@@H]1C.CC(=O)OC[C@H]1O[C@H](OC(C)=O)[C@H](OCc2ccccc2)[C@@H](OCc2ccccc2)[C@@H]1C. The fourth-order valence-corrected chi connectivity index (χ4v) is 10.9. The quantitative estimate of drug-likeness (QED) is 0.0344. The van der Waals surface area contributed by atoms with Crippen molar-refractivity contribution in [3.63, 3.8) is 0 Å². The van der Waals surface area contributed by atoms with Gasteiger partial charge in [0, 0.05) is 59.3 Å². The first kappa shape index (κ1) is 75.2. The van der Waals surface area contributed by atoms with Gasteiger partial charge < -0.3 is 71.1 Å². The van der Waals surface area contributed by atoms with Gasteiger partial charge >= 0.3 is 35.8 Å². The van der Waals surface area contributed by atoms with Crippen molar-refractivity contribution < 1.29 is 99.8 Å². The molecule has 3 aliphatic heterocycles. The van der Waals surface area contributed by atoms with Gasteiger partial charge in [-0.3, -0.25) is 28.8 Å². The van der Waals surface area contributed by atoms with Crippen LogP contribution >= 0.6 is 0 Å². The molecule has 21 heteroatoms. The van der Waals surface area contributed by atoms with Gasteiger partial charge in [0.25, 0.3) is 0 Å². The van der Waals surface area contributed by atoms with Crippen molar-refractivity contribution in [1.29, 1.82) is 0 Å². The number of hydrogen-bond donors (Lipinski definition) is 0. The zero-order valence-electron chi connectivity index (χ0n) is 55.9. The van der Waals surface area contributed by atoms with E-state index in [1.54, 1.807) is 0 Å². The molecule has 0 bridgehead atoms. The van der Waals surface area contributed by atoms with E-state index < -0.39 is 110 Å². The molecule has 6 aromatic carbocycles. The predicted octanol–water partition coefficient (Wildman–Crippen LogP) is 10.9. The van der Waals surface area contributed by atoms with Gasteiger partial charge in [0.2, 0.25) is 18.9 Å². The minimum absolute atomic E-state index is 0.0326. The van der Waals surface area contributed by atoms with Crippen LogP contribution in [-0.4, -0.2) is 129 Å². The van der Waals surface area contributed by atoms with Gasteiger partial charge in [-0.1, -0.05) is 203 Å². The normalized spacial score (nSPS) is 25.2. The topological polar surface area (TPSA) is 241 Å². The third-order valence-corrected chi connectivity index (χ3v) is 15.9. The van der Waals surface area contributed by atoms with E-state index in [-0.39, 0.29) is 37.6 Å². The number of carbonyl (C=O) groups is 6. The second-order valence-electron chi connectivity index (χ2n) is 23.5. The fourth-order valence-electron chi connectivity index (χ4n) is 10.9. The molecule has 0 saturated carbocycles. The highest BCUT2D eigenvalue weighted by atomic mass is 16.8. The molecule has 96 heavy (non-hydrogen) atoms. The molecule has 0 radical (unpaired) electrons. The molecular weight excluding hydrogens is 1240 g/mol. The number of esters is 6. The van der Waals surface area contributed by atoms with Crippen LogP contribution in [0.25, 0.3) is 0 Å². The molecule has 0 aliphatic carbocycles. The smallest absolute Gasteiger partial charge is 0.305 e. The van der Waals surface area contributed by atoms with Crippen LogP contribution in [0.4, 0.5) is 0 Å². The van der Waals surface area contributed by atoms with E-state index >= 15 is 0 Å². The maximum absolute atomic E-state index is 11.8. The molecule has 0 unspecified atom stereocenters. The van der Waals surface area contributed by atoms with Crippen LogP contribution in [0, 0.1) is 17.8 Å². The van der Waals surface area contributed by atoms with Gasteiger partial charge in [-0.25, -0.2) is 0 Å². The average molecular weight is 1330 g/mol. The number of carbonyl (C=O) groups excluding carboxylic acids is 6. The summed E-state index contributed by atoms with van der Waals surface area (Å²) in [6.45, 7) is 15.9. The molecule has 3 fully saturated rings. The van der Waals surface area contributed by atoms with Gasteiger partial charge in [0.15, 0.2) is 0 Å². The summed E-state index contributed by atoms with van der Waals surface area (Å²) >= 11 is 0. The first-order chi connectivity index (χ1) is 46.3. The highest BCUT2D eigenvalue weighted by Crippen LogP contribution is 2.36. The standard InChI is InChI=1S/3C25H30O7/c3*1-17-22(16-28-18(2)26)32-25(31-19(3)27)24(30-15-21-12-8-5-9-13-21)23(17)29-14-20-10-6-4-7-11-20/h3*4-13,17,22-25H,14-16H2,1-3H3/t17-,22-,23+,24+,25+;17-,22-,23+,24-,25+;17-,22-,23+,24-,25-/m111/s1. The number of rotatable bonds is 27. The number of ether oxygens (including phenoxy) is 15. The minimum Gasteiger partial charge on any atom is -0.463 e. The van der Waals surface area contributed by atoms with Crippen LogP contribution in [0.1, 0.15) is 95.7 Å². The maximum Gasteiger partial charge on any atom is 0.305 e. The first-order valence-corrected chi connectivity index (χ1v) is 32.1. The first-order valence-electron chi connectivity index (χ1n) is 32.1. The minimum atomic E-state index is -0.992. The van der Waals surface area contributed by atoms with Gasteiger partial charge in [0.05, 0.1) is 58.0 Å². The molecule has 3 saturated heterocycles. The summed E-state index contributed by atoms with van der Waals surface area (Å²) in [5.41, 5.74) is 5.96. The van der Waals surface area contributed by atoms with Gasteiger partial charge in [-0.05, 0) is 33.4 Å². The Labute approximate surface area is 562 Å². The lowest BCUT2D eigenvalue weighted by atomic mass is 9.90. The van der Waals surface area contributed by atoms with Crippen molar-refractivity contribution in [2.45, 2.75) is 176 Å². The highest BCUT2D eigenvalue weighted by Gasteiger charge is 2.50. The van der Waals surface area contributed by atoms with Crippen LogP contribution in [0.5, 0.6) is 0 Å². The van der Waals surface area contributed by atoms with E-state index in [2.05, 4.69) is 0 Å². The van der Waals surface area contributed by atoms with Gasteiger partial charge in [-0.15, -0.1) is 0 Å². The molecule has 9 rings (SSSR count). The Bertz CT molecular complexity index is 2910.